The summed E-state index contributed by atoms with van der Waals surface area (Å²) in [4.78, 5) is 29.8. The molecule has 0 radical (unpaired) electrons. The number of nitrogens with zero attached hydrogens (tertiary/aromatic N) is 3. The molecular formula is C18H16FN5OS. The second-order valence-electron chi connectivity index (χ2n) is 6.56. The van der Waals surface area contributed by atoms with E-state index in [0.29, 0.717) is 22.6 Å². The normalized spacial score (nSPS) is 18.3. The number of likely N-dealkylation sites (tertiary alicyclic amines) is 1. The van der Waals surface area contributed by atoms with Crippen LogP contribution in [0.15, 0.2) is 34.4 Å². The molecule has 132 valence electrons. The monoisotopic (exact) mass is 369 g/mol. The summed E-state index contributed by atoms with van der Waals surface area (Å²) < 4.78 is 14.1. The van der Waals surface area contributed by atoms with Crippen LogP contribution in [0.1, 0.15) is 30.5 Å². The second kappa shape index (κ2) is 6.00. The van der Waals surface area contributed by atoms with E-state index in [1.165, 1.54) is 23.5 Å². The molecule has 1 saturated heterocycles. The maximum Gasteiger partial charge on any atom is 0.268 e. The first kappa shape index (κ1) is 15.7. The Kier molecular flexibility index (Phi) is 3.61. The quantitative estimate of drug-likeness (QED) is 0.581. The zero-order valence-corrected chi connectivity index (χ0v) is 14.6. The predicted octanol–water partition coefficient (Wildman–Crippen LogP) is 3.34. The van der Waals surface area contributed by atoms with Crippen molar-refractivity contribution in [2.75, 3.05) is 6.54 Å². The molecule has 0 unspecified atom stereocenters. The molecule has 1 atom stereocenters. The highest BCUT2D eigenvalue weighted by atomic mass is 32.1. The number of benzene rings is 1. The molecule has 1 aromatic carbocycles. The average molecular weight is 369 g/mol. The second-order valence-corrected chi connectivity index (χ2v) is 7.48. The summed E-state index contributed by atoms with van der Waals surface area (Å²) in [5.41, 5.74) is 2.12. The third-order valence-corrected chi connectivity index (χ3v) is 5.76. The lowest BCUT2D eigenvalue weighted by molar-refractivity contribution is 0.235. The number of aromatic nitrogens is 4. The van der Waals surface area contributed by atoms with Crippen molar-refractivity contribution in [3.8, 4) is 0 Å². The van der Waals surface area contributed by atoms with E-state index in [9.17, 15) is 9.18 Å². The van der Waals surface area contributed by atoms with E-state index >= 15 is 0 Å². The summed E-state index contributed by atoms with van der Waals surface area (Å²) in [6.07, 6.45) is 2.01. The first-order valence-electron chi connectivity index (χ1n) is 8.53. The zero-order chi connectivity index (χ0) is 17.7. The number of thiophene rings is 1. The minimum atomic E-state index is -0.276. The molecule has 8 heteroatoms. The van der Waals surface area contributed by atoms with E-state index in [4.69, 9.17) is 0 Å². The SMILES string of the molecule is O=c1[nH]c(CN2CCC[C@H]2c2nc3ccc(F)cc3[nH]2)nc2ccsc12. The first-order chi connectivity index (χ1) is 12.7. The molecule has 4 heterocycles. The van der Waals surface area contributed by atoms with Gasteiger partial charge < -0.3 is 9.97 Å². The van der Waals surface area contributed by atoms with Gasteiger partial charge in [0.25, 0.3) is 5.56 Å². The molecule has 3 aromatic heterocycles. The Morgan fingerprint density at radius 2 is 2.15 bits per heavy atom. The number of fused-ring (bicyclic) bond motifs is 2. The summed E-state index contributed by atoms with van der Waals surface area (Å²) in [5, 5.41) is 1.88. The van der Waals surface area contributed by atoms with E-state index < -0.39 is 0 Å². The van der Waals surface area contributed by atoms with Crippen LogP contribution in [-0.2, 0) is 6.54 Å². The number of halogens is 1. The third-order valence-electron chi connectivity index (χ3n) is 4.86. The van der Waals surface area contributed by atoms with Gasteiger partial charge in [-0.15, -0.1) is 11.3 Å². The van der Waals surface area contributed by atoms with Gasteiger partial charge in [0.1, 0.15) is 22.2 Å². The summed E-state index contributed by atoms with van der Waals surface area (Å²) in [6, 6.07) is 6.55. The first-order valence-corrected chi connectivity index (χ1v) is 9.41. The fourth-order valence-corrected chi connectivity index (χ4v) is 4.40. The molecule has 5 rings (SSSR count). The molecule has 1 fully saturated rings. The van der Waals surface area contributed by atoms with Crippen molar-refractivity contribution in [2.24, 2.45) is 0 Å². The minimum Gasteiger partial charge on any atom is -0.341 e. The Morgan fingerprint density at radius 3 is 3.08 bits per heavy atom. The Morgan fingerprint density at radius 1 is 1.23 bits per heavy atom. The van der Waals surface area contributed by atoms with E-state index in [0.717, 1.165) is 36.2 Å². The highest BCUT2D eigenvalue weighted by Gasteiger charge is 2.29. The van der Waals surface area contributed by atoms with Crippen molar-refractivity contribution in [2.45, 2.75) is 25.4 Å². The van der Waals surface area contributed by atoms with Crippen molar-refractivity contribution in [3.05, 3.63) is 57.5 Å². The number of hydrogen-bond acceptors (Lipinski definition) is 5. The number of hydrogen-bond donors (Lipinski definition) is 2. The molecule has 0 amide bonds. The van der Waals surface area contributed by atoms with Crippen LogP contribution >= 0.6 is 11.3 Å². The number of nitrogens with one attached hydrogen (secondary N) is 2. The topological polar surface area (TPSA) is 77.7 Å². The highest BCUT2D eigenvalue weighted by Crippen LogP contribution is 2.32. The molecule has 0 bridgehead atoms. The van der Waals surface area contributed by atoms with E-state index in [-0.39, 0.29) is 17.4 Å². The lowest BCUT2D eigenvalue weighted by Crippen LogP contribution is -2.26. The van der Waals surface area contributed by atoms with Gasteiger partial charge in [-0.05, 0) is 49.0 Å². The van der Waals surface area contributed by atoms with Crippen LogP contribution in [0, 0.1) is 5.82 Å². The highest BCUT2D eigenvalue weighted by molar-refractivity contribution is 7.17. The van der Waals surface area contributed by atoms with Gasteiger partial charge in [0, 0.05) is 0 Å². The van der Waals surface area contributed by atoms with Crippen LogP contribution in [0.25, 0.3) is 21.3 Å². The maximum absolute atomic E-state index is 13.4. The number of aromatic amines is 2. The zero-order valence-electron chi connectivity index (χ0n) is 13.8. The summed E-state index contributed by atoms with van der Waals surface area (Å²) >= 11 is 1.40. The molecule has 1 aliphatic rings. The number of H-pyrrole nitrogens is 2. The largest absolute Gasteiger partial charge is 0.341 e. The Bertz CT molecular complexity index is 1160. The smallest absolute Gasteiger partial charge is 0.268 e. The van der Waals surface area contributed by atoms with Gasteiger partial charge in [-0.1, -0.05) is 0 Å². The molecule has 0 saturated carbocycles. The molecule has 2 N–H and O–H groups in total. The Labute approximate surface area is 151 Å². The van der Waals surface area contributed by atoms with Gasteiger partial charge in [-0.25, -0.2) is 14.4 Å². The molecule has 4 aromatic rings. The van der Waals surface area contributed by atoms with Crippen LogP contribution in [0.2, 0.25) is 0 Å². The maximum atomic E-state index is 13.4. The number of imidazole rings is 1. The predicted molar refractivity (Wildman–Crippen MR) is 98.7 cm³/mol. The minimum absolute atomic E-state index is 0.0880. The molecule has 0 spiro atoms. The van der Waals surface area contributed by atoms with Gasteiger partial charge in [0.05, 0.1) is 29.1 Å². The van der Waals surface area contributed by atoms with Gasteiger partial charge >= 0.3 is 0 Å². The summed E-state index contributed by atoms with van der Waals surface area (Å²) in [5.74, 6) is 1.22. The van der Waals surface area contributed by atoms with Crippen molar-refractivity contribution in [1.82, 2.24) is 24.8 Å². The standard InChI is InChI=1S/C18H16FN5OS/c19-10-3-4-11-13(8-10)22-17(21-11)14-2-1-6-24(14)9-15-20-12-5-7-26-16(12)18(25)23-15/h3-5,7-8,14H,1-2,6,9H2,(H,21,22)(H,20,23,25)/t14-/m0/s1. The van der Waals surface area contributed by atoms with Gasteiger partial charge in [-0.2, -0.15) is 0 Å². The van der Waals surface area contributed by atoms with Crippen LogP contribution in [0.5, 0.6) is 0 Å². The van der Waals surface area contributed by atoms with E-state index in [2.05, 4.69) is 24.8 Å². The third kappa shape index (κ3) is 2.62. The molecule has 1 aliphatic heterocycles. The summed E-state index contributed by atoms with van der Waals surface area (Å²) in [6.45, 7) is 1.46. The van der Waals surface area contributed by atoms with Crippen LogP contribution in [0.4, 0.5) is 4.39 Å². The molecule has 6 nitrogen and oxygen atoms in total. The molecule has 26 heavy (non-hydrogen) atoms. The van der Waals surface area contributed by atoms with E-state index in [1.807, 2.05) is 11.4 Å². The Balaban J connectivity index is 1.46. The van der Waals surface area contributed by atoms with Crippen molar-refractivity contribution >= 4 is 32.6 Å². The summed E-state index contributed by atoms with van der Waals surface area (Å²) in [7, 11) is 0. The van der Waals surface area contributed by atoms with Crippen LogP contribution in [0.3, 0.4) is 0 Å². The lowest BCUT2D eigenvalue weighted by Gasteiger charge is -2.22. The fourth-order valence-electron chi connectivity index (χ4n) is 3.67. The van der Waals surface area contributed by atoms with E-state index in [1.54, 1.807) is 6.07 Å². The molecular weight excluding hydrogens is 353 g/mol. The number of rotatable bonds is 3. The lowest BCUT2D eigenvalue weighted by atomic mass is 10.2. The van der Waals surface area contributed by atoms with Crippen LogP contribution in [-0.4, -0.2) is 31.4 Å². The van der Waals surface area contributed by atoms with Crippen molar-refractivity contribution in [1.29, 1.82) is 0 Å². The van der Waals surface area contributed by atoms with Gasteiger partial charge in [-0.3, -0.25) is 9.69 Å². The van der Waals surface area contributed by atoms with Crippen molar-refractivity contribution in [3.63, 3.8) is 0 Å². The molecule has 0 aliphatic carbocycles. The van der Waals surface area contributed by atoms with Gasteiger partial charge in [0.15, 0.2) is 0 Å². The average Bonchev–Trinajstić information content (AvgIpc) is 3.32. The Hall–Kier alpha value is -2.58. The van der Waals surface area contributed by atoms with Crippen LogP contribution < -0.4 is 5.56 Å². The fraction of sp³-hybridized carbons (Fsp3) is 0.278. The van der Waals surface area contributed by atoms with Crippen molar-refractivity contribution < 1.29 is 4.39 Å². The van der Waals surface area contributed by atoms with Gasteiger partial charge in [0.2, 0.25) is 0 Å².